The van der Waals surface area contributed by atoms with Crippen LogP contribution < -0.4 is 37.6 Å². The van der Waals surface area contributed by atoms with Crippen molar-refractivity contribution < 1.29 is 76.8 Å². The molecule has 0 spiro atoms. The number of phenols is 1. The average Bonchev–Trinajstić information content (AvgIpc) is 1.69. The molecule has 1 saturated heterocycles. The van der Waals surface area contributed by atoms with Gasteiger partial charge < -0.3 is 67.8 Å². The lowest BCUT2D eigenvalue weighted by Gasteiger charge is -2.37. The van der Waals surface area contributed by atoms with Crippen molar-refractivity contribution in [1.82, 2.24) is 46.8 Å². The first kappa shape index (κ1) is 73.5. The number of carbonyl (C=O) groups excluding carboxylic acids is 10. The first-order valence-corrected chi connectivity index (χ1v) is 34.7. The van der Waals surface area contributed by atoms with E-state index in [-0.39, 0.29) is 73.9 Å². The molecule has 8 amide bonds. The maximum atomic E-state index is 15.2. The van der Waals surface area contributed by atoms with E-state index in [0.29, 0.717) is 56.8 Å². The number of aliphatic carboxylic acids is 1. The number of aromatic nitrogens is 2. The Hall–Kier alpha value is -9.74. The van der Waals surface area contributed by atoms with Gasteiger partial charge in [0.1, 0.15) is 47.1 Å². The highest BCUT2D eigenvalue weighted by atomic mass is 32.2. The topological polar surface area (TPSA) is 394 Å². The number of rotatable bonds is 13. The molecule has 4 aromatic carbocycles. The quantitative estimate of drug-likeness (QED) is 0.0762. The van der Waals surface area contributed by atoms with Crippen molar-refractivity contribution in [2.24, 2.45) is 22.6 Å². The van der Waals surface area contributed by atoms with Gasteiger partial charge in [0, 0.05) is 133 Å². The van der Waals surface area contributed by atoms with Crippen LogP contribution in [0.2, 0.25) is 0 Å². The molecule has 1 fully saturated rings. The number of aromatic amines is 2. The molecular formula is C70H79F2N11O14S2. The van der Waals surface area contributed by atoms with E-state index in [4.69, 9.17) is 5.73 Å². The molecule has 5 heterocycles. The molecule has 0 saturated carbocycles. The second-order valence-corrected chi connectivity index (χ2v) is 27.3. The molecule has 3 aliphatic heterocycles. The zero-order valence-corrected chi connectivity index (χ0v) is 55.9. The third-order valence-corrected chi connectivity index (χ3v) is 19.9. The van der Waals surface area contributed by atoms with Crippen molar-refractivity contribution in [2.75, 3.05) is 31.2 Å². The van der Waals surface area contributed by atoms with E-state index >= 15 is 19.2 Å². The monoisotopic (exact) mass is 1400 g/mol. The third-order valence-electron chi connectivity index (χ3n) is 17.8. The highest BCUT2D eigenvalue weighted by Gasteiger charge is 2.49. The molecule has 2 bridgehead atoms. The number of nitrogens with zero attached hydrogens (tertiary/aromatic N) is 2. The number of hydrogen-bond donors (Lipinski definition) is 12. The van der Waals surface area contributed by atoms with Crippen LogP contribution in [-0.4, -0.2) is 168 Å². The number of phenolic OH excluding ortho intramolecular Hbond substituents is 1. The molecular weight excluding hydrogens is 1320 g/mol. The summed E-state index contributed by atoms with van der Waals surface area (Å²) in [5.74, 6) is -12.7. The lowest BCUT2D eigenvalue weighted by atomic mass is 9.89. The summed E-state index contributed by atoms with van der Waals surface area (Å²) in [6, 6.07) is 13.5. The van der Waals surface area contributed by atoms with Gasteiger partial charge >= 0.3 is 5.97 Å². The van der Waals surface area contributed by atoms with Gasteiger partial charge in [0.25, 0.3) is 0 Å². The standard InChI is InChI=1S/C70H79F2N11O14S2/c1-70-17-3-19-83(70)68(96)58(24-39-6-10-49(85)11-7-39)81-64(92)43(23-40-14-18-74-32-40)28-60(87)56(31-62(89)90)79-67(95)57(27-46-34-76-54-13-9-48(72)30-52(46)54)80-65(93)44(25-45-33-75-53-12-8-47(71)29-51(45)53)26-50(86)35-77-66(94)55(15-20-84)78-61(88)16-21-98-36-41-4-2-5-42(22-41)37-99-38-59(63(73)91)82-69(70)97/h2,4-13,18,22,29-30,32-34,43-44,55-59,75-76,84-85H,3,14-17,19-21,23-28,31,35-38H2,1H3,(H2,73,91)(H,77,94)(H,78,88)(H,79,95)(H,80,93)(H,81,92)(H,82,97)(H,89,90)/t43-,44-,55+,56+,57+,58+,59+,70+/m1/s1. The van der Waals surface area contributed by atoms with Crippen LogP contribution in [0, 0.1) is 23.5 Å². The van der Waals surface area contributed by atoms with Gasteiger partial charge in [0.2, 0.25) is 47.3 Å². The van der Waals surface area contributed by atoms with Gasteiger partial charge in [0.05, 0.1) is 19.0 Å². The number of benzene rings is 4. The van der Waals surface area contributed by atoms with E-state index in [0.717, 1.165) is 11.1 Å². The van der Waals surface area contributed by atoms with Gasteiger partial charge in [-0.25, -0.2) is 8.78 Å². The lowest BCUT2D eigenvalue weighted by molar-refractivity contribution is -0.147. The number of aliphatic imine (C=N–C) groups is 1. The molecule has 0 aliphatic carbocycles. The number of aliphatic hydroxyl groups excluding tert-OH is 1. The van der Waals surface area contributed by atoms with Gasteiger partial charge in [-0.05, 0) is 121 Å². The zero-order chi connectivity index (χ0) is 70.9. The van der Waals surface area contributed by atoms with E-state index in [1.54, 1.807) is 6.21 Å². The number of hydrogen-bond acceptors (Lipinski definition) is 16. The Morgan fingerprint density at radius 3 is 1.98 bits per heavy atom. The summed E-state index contributed by atoms with van der Waals surface area (Å²) in [5, 5.41) is 47.0. The molecule has 13 N–H and O–H groups in total. The number of carbonyl (C=O) groups is 11. The number of thioether (sulfide) groups is 2. The summed E-state index contributed by atoms with van der Waals surface area (Å²) < 4.78 is 29.8. The van der Waals surface area contributed by atoms with Gasteiger partial charge in [-0.3, -0.25) is 57.7 Å². The van der Waals surface area contributed by atoms with Crippen molar-refractivity contribution in [2.45, 2.75) is 131 Å². The van der Waals surface area contributed by atoms with Gasteiger partial charge in [-0.1, -0.05) is 36.4 Å². The Balaban J connectivity index is 1.05. The van der Waals surface area contributed by atoms with Crippen LogP contribution in [0.1, 0.15) is 92.5 Å². The number of Topliss-reactive ketones (excluding diaryl/α,β-unsaturated/α-hetero) is 2. The summed E-state index contributed by atoms with van der Waals surface area (Å²) in [7, 11) is 0. The molecule has 0 radical (unpaired) electrons. The molecule has 2 aromatic heterocycles. The smallest absolute Gasteiger partial charge is 0.305 e. The van der Waals surface area contributed by atoms with E-state index in [1.165, 1.54) is 115 Å². The fourth-order valence-electron chi connectivity index (χ4n) is 12.4. The molecule has 8 atom stereocenters. The van der Waals surface area contributed by atoms with Crippen molar-refractivity contribution in [3.63, 3.8) is 0 Å². The number of aliphatic hydroxyl groups is 1. The normalized spacial score (nSPS) is 23.7. The first-order valence-electron chi connectivity index (χ1n) is 32.4. The fraction of sp³-hybridized carbons (Fsp3) is 0.400. The summed E-state index contributed by atoms with van der Waals surface area (Å²) >= 11 is 2.76. The number of H-pyrrole nitrogens is 2. The molecule has 25 nitrogen and oxygen atoms in total. The number of amides is 8. The van der Waals surface area contributed by atoms with Gasteiger partial charge in [-0.15, -0.1) is 0 Å². The molecule has 524 valence electrons. The van der Waals surface area contributed by atoms with E-state index in [1.807, 2.05) is 24.3 Å². The summed E-state index contributed by atoms with van der Waals surface area (Å²) in [4.78, 5) is 168. The van der Waals surface area contributed by atoms with Gasteiger partial charge in [-0.2, -0.15) is 23.5 Å². The molecule has 99 heavy (non-hydrogen) atoms. The minimum atomic E-state index is -1.91. The molecule has 9 rings (SSSR count). The highest BCUT2D eigenvalue weighted by Crippen LogP contribution is 2.33. The van der Waals surface area contributed by atoms with Crippen LogP contribution in [-0.2, 0) is 83.5 Å². The number of nitrogens with two attached hydrogens (primary N) is 1. The molecule has 3 aliphatic rings. The number of nitrogens with one attached hydrogen (secondary N) is 8. The van der Waals surface area contributed by atoms with E-state index in [9.17, 15) is 57.7 Å². The second-order valence-electron chi connectivity index (χ2n) is 25.2. The van der Waals surface area contributed by atoms with E-state index < -0.39 is 163 Å². The number of carboxylic acids is 1. The number of ketones is 2. The average molecular weight is 1400 g/mol. The third kappa shape index (κ3) is 20.0. The molecule has 0 unspecified atom stereocenters. The Morgan fingerprint density at radius 2 is 1.34 bits per heavy atom. The van der Waals surface area contributed by atoms with Crippen LogP contribution in [0.25, 0.3) is 21.8 Å². The zero-order valence-electron chi connectivity index (χ0n) is 54.2. The van der Waals surface area contributed by atoms with Gasteiger partial charge in [0.15, 0.2) is 11.6 Å². The highest BCUT2D eigenvalue weighted by molar-refractivity contribution is 7.98. The first-order chi connectivity index (χ1) is 47.4. The Bertz CT molecular complexity index is 4090. The number of halogens is 2. The number of primary amides is 1. The second kappa shape index (κ2) is 34.2. The van der Waals surface area contributed by atoms with Crippen molar-refractivity contribution >= 4 is 116 Å². The van der Waals surface area contributed by atoms with E-state index in [2.05, 4.69) is 46.9 Å². The summed E-state index contributed by atoms with van der Waals surface area (Å²) in [6.45, 7) is 0.371. The largest absolute Gasteiger partial charge is 0.508 e. The predicted octanol–water partition coefficient (Wildman–Crippen LogP) is 4.39. The Morgan fingerprint density at radius 1 is 0.707 bits per heavy atom. The Kier molecular flexibility index (Phi) is 25.4. The fourth-order valence-corrected chi connectivity index (χ4v) is 14.3. The minimum absolute atomic E-state index is 0.0347. The molecule has 29 heteroatoms. The number of allylic oxidation sites excluding steroid dienone is 1. The van der Waals surface area contributed by atoms with Crippen molar-refractivity contribution in [3.8, 4) is 5.75 Å². The maximum absolute atomic E-state index is 15.2. The van der Waals surface area contributed by atoms with Crippen LogP contribution in [0.4, 0.5) is 8.78 Å². The van der Waals surface area contributed by atoms with Crippen molar-refractivity contribution in [3.05, 3.63) is 149 Å². The SMILES string of the molecule is C[C@@]12CCCN1C(=O)[C@H](Cc1ccc(O)cc1)NC(=O)[C@H](CC1=CN=CC1)CC(=O)[C@H](CC(=O)O)NC(=O)[C@H](Cc1c[nH]c3ccc(F)cc13)NC(=O)[C@H](Cc1c[nH]c3ccc(F)cc13)CC(=O)CNC(=O)[C@H](CCO)NC(=O)CCSCc1cccc(c1)CSC[C@@H](C(N)=O)NC2=O. The maximum Gasteiger partial charge on any atom is 0.305 e. The van der Waals surface area contributed by atoms with Crippen LogP contribution in [0.15, 0.2) is 114 Å². The van der Waals surface area contributed by atoms with Crippen LogP contribution in [0.3, 0.4) is 0 Å². The minimum Gasteiger partial charge on any atom is -0.508 e. The summed E-state index contributed by atoms with van der Waals surface area (Å²) in [6.07, 6.45) is 2.98. The van der Waals surface area contributed by atoms with Crippen molar-refractivity contribution in [1.29, 1.82) is 0 Å². The van der Waals surface area contributed by atoms with Crippen LogP contribution in [0.5, 0.6) is 5.75 Å². The number of aromatic hydroxyl groups is 1. The van der Waals surface area contributed by atoms with Crippen LogP contribution >= 0.6 is 23.5 Å². The Labute approximate surface area is 576 Å². The molecule has 6 aromatic rings. The number of fused-ring (bicyclic) bond motifs is 5. The summed E-state index contributed by atoms with van der Waals surface area (Å²) in [5.41, 5.74) is 8.66. The number of carboxylic acid groups (broad SMARTS) is 1. The lowest BCUT2D eigenvalue weighted by Crippen LogP contribution is -2.62. The predicted molar refractivity (Wildman–Crippen MR) is 366 cm³/mol.